The van der Waals surface area contributed by atoms with Crippen molar-refractivity contribution in [2.45, 2.75) is 58.0 Å². The van der Waals surface area contributed by atoms with Gasteiger partial charge in [-0.15, -0.1) is 0 Å². The Bertz CT molecular complexity index is 734. The van der Waals surface area contributed by atoms with E-state index in [2.05, 4.69) is 29.6 Å². The molecule has 1 aliphatic carbocycles. The van der Waals surface area contributed by atoms with Crippen LogP contribution in [0, 0.1) is 5.92 Å². The Hall–Kier alpha value is -2.46. The Labute approximate surface area is 174 Å². The second kappa shape index (κ2) is 12.9. The molecular formula is C25H33NO3. The molecule has 0 saturated carbocycles. The lowest BCUT2D eigenvalue weighted by molar-refractivity contribution is -0.121. The summed E-state index contributed by atoms with van der Waals surface area (Å²) in [5.41, 5.74) is 2.00. The molecule has 1 aliphatic rings. The second-order valence-electron chi connectivity index (χ2n) is 7.46. The van der Waals surface area contributed by atoms with Gasteiger partial charge in [0.05, 0.1) is 6.10 Å². The van der Waals surface area contributed by atoms with Gasteiger partial charge < -0.3 is 10.4 Å². The van der Waals surface area contributed by atoms with E-state index in [9.17, 15) is 14.7 Å². The minimum Gasteiger partial charge on any atom is -0.393 e. The summed E-state index contributed by atoms with van der Waals surface area (Å²) in [5.74, 6) is 0.236. The highest BCUT2D eigenvalue weighted by Gasteiger charge is 2.21. The van der Waals surface area contributed by atoms with E-state index >= 15 is 0 Å². The van der Waals surface area contributed by atoms with Crippen LogP contribution < -0.4 is 5.32 Å². The predicted octanol–water partition coefficient (Wildman–Crippen LogP) is 4.30. The Morgan fingerprint density at radius 3 is 2.79 bits per heavy atom. The molecule has 0 bridgehead atoms. The van der Waals surface area contributed by atoms with Crippen molar-refractivity contribution in [2.24, 2.45) is 5.92 Å². The highest BCUT2D eigenvalue weighted by molar-refractivity contribution is 6.07. The van der Waals surface area contributed by atoms with Gasteiger partial charge >= 0.3 is 0 Å². The van der Waals surface area contributed by atoms with Gasteiger partial charge in [0.2, 0.25) is 5.91 Å². The molecule has 0 spiro atoms. The minimum absolute atomic E-state index is 0.0508. The van der Waals surface area contributed by atoms with Crippen LogP contribution in [-0.4, -0.2) is 29.4 Å². The van der Waals surface area contributed by atoms with E-state index in [0.717, 1.165) is 31.3 Å². The van der Waals surface area contributed by atoms with E-state index in [0.29, 0.717) is 25.8 Å². The quantitative estimate of drug-likeness (QED) is 0.315. The normalized spacial score (nSPS) is 18.6. The SMILES string of the molecule is CCNC(=O)CCCC=CCC1C=CC(=O)C1=CCC(O)CCc1ccccc1. The number of aryl methyl sites for hydroxylation is 1. The van der Waals surface area contributed by atoms with Gasteiger partial charge in [0.25, 0.3) is 0 Å². The number of aliphatic hydroxyl groups is 1. The number of hydrogen-bond acceptors (Lipinski definition) is 3. The van der Waals surface area contributed by atoms with Crippen LogP contribution in [0.25, 0.3) is 0 Å². The van der Waals surface area contributed by atoms with Crippen molar-refractivity contribution in [1.82, 2.24) is 5.32 Å². The average Bonchev–Trinajstić information content (AvgIpc) is 3.08. The van der Waals surface area contributed by atoms with Gasteiger partial charge in [-0.05, 0) is 57.1 Å². The van der Waals surface area contributed by atoms with Crippen molar-refractivity contribution in [3.05, 3.63) is 71.8 Å². The van der Waals surface area contributed by atoms with Crippen LogP contribution in [0.4, 0.5) is 0 Å². The highest BCUT2D eigenvalue weighted by atomic mass is 16.3. The van der Waals surface area contributed by atoms with E-state index < -0.39 is 6.10 Å². The zero-order chi connectivity index (χ0) is 20.9. The number of hydrogen-bond donors (Lipinski definition) is 2. The number of nitrogens with one attached hydrogen (secondary N) is 1. The average molecular weight is 396 g/mol. The summed E-state index contributed by atoms with van der Waals surface area (Å²) in [4.78, 5) is 23.6. The van der Waals surface area contributed by atoms with Gasteiger partial charge in [-0.2, -0.15) is 0 Å². The van der Waals surface area contributed by atoms with Crippen LogP contribution in [0.15, 0.2) is 66.3 Å². The number of ketones is 1. The lowest BCUT2D eigenvalue weighted by atomic mass is 9.95. The number of aliphatic hydroxyl groups excluding tert-OH is 1. The smallest absolute Gasteiger partial charge is 0.219 e. The summed E-state index contributed by atoms with van der Waals surface area (Å²) < 4.78 is 0. The molecular weight excluding hydrogens is 362 g/mol. The van der Waals surface area contributed by atoms with Crippen molar-refractivity contribution in [3.63, 3.8) is 0 Å². The third kappa shape index (κ3) is 8.61. The zero-order valence-electron chi connectivity index (χ0n) is 17.3. The van der Waals surface area contributed by atoms with Gasteiger partial charge in [-0.3, -0.25) is 9.59 Å². The van der Waals surface area contributed by atoms with Crippen LogP contribution in [0.5, 0.6) is 0 Å². The van der Waals surface area contributed by atoms with E-state index in [1.165, 1.54) is 5.56 Å². The number of unbranched alkanes of at least 4 members (excludes halogenated alkanes) is 1. The molecule has 0 aliphatic heterocycles. The number of carbonyl (C=O) groups excluding carboxylic acids is 2. The summed E-state index contributed by atoms with van der Waals surface area (Å²) in [5, 5.41) is 13.1. The molecule has 4 heteroatoms. The summed E-state index contributed by atoms with van der Waals surface area (Å²) >= 11 is 0. The summed E-state index contributed by atoms with van der Waals surface area (Å²) in [6.45, 7) is 2.59. The number of amides is 1. The molecule has 4 nitrogen and oxygen atoms in total. The van der Waals surface area contributed by atoms with E-state index in [4.69, 9.17) is 0 Å². The first kappa shape index (κ1) is 22.8. The Balaban J connectivity index is 1.73. The van der Waals surface area contributed by atoms with E-state index in [1.807, 2.05) is 37.3 Å². The Morgan fingerprint density at radius 1 is 1.24 bits per heavy atom. The van der Waals surface area contributed by atoms with Crippen LogP contribution in [0.1, 0.15) is 51.0 Å². The monoisotopic (exact) mass is 395 g/mol. The van der Waals surface area contributed by atoms with Crippen molar-refractivity contribution >= 4 is 11.7 Å². The minimum atomic E-state index is -0.443. The first-order valence-electron chi connectivity index (χ1n) is 10.7. The number of benzene rings is 1. The lowest BCUT2D eigenvalue weighted by Crippen LogP contribution is -2.21. The molecule has 2 unspecified atom stereocenters. The fourth-order valence-corrected chi connectivity index (χ4v) is 3.43. The first-order chi connectivity index (χ1) is 14.1. The van der Waals surface area contributed by atoms with Gasteiger partial charge in [0.15, 0.2) is 5.78 Å². The second-order valence-corrected chi connectivity index (χ2v) is 7.46. The van der Waals surface area contributed by atoms with Gasteiger partial charge in [0.1, 0.15) is 0 Å². The lowest BCUT2D eigenvalue weighted by Gasteiger charge is -2.11. The van der Waals surface area contributed by atoms with Gasteiger partial charge in [0, 0.05) is 24.5 Å². The predicted molar refractivity (Wildman–Crippen MR) is 117 cm³/mol. The molecule has 0 heterocycles. The standard InChI is InChI=1S/C25H33NO3/c1-2-26-25(29)13-9-4-3-8-12-21-15-19-24(28)23(21)18-17-22(27)16-14-20-10-6-5-7-11-20/h3,5-8,10-11,15,18-19,21-22,27H,2,4,9,12-14,16-17H2,1H3,(H,26,29). The molecule has 1 aromatic carbocycles. The summed E-state index contributed by atoms with van der Waals surface area (Å²) in [6, 6.07) is 10.1. The zero-order valence-corrected chi connectivity index (χ0v) is 17.3. The van der Waals surface area contributed by atoms with Crippen LogP contribution in [-0.2, 0) is 16.0 Å². The van der Waals surface area contributed by atoms with Crippen molar-refractivity contribution in [3.8, 4) is 0 Å². The third-order valence-electron chi connectivity index (χ3n) is 5.09. The van der Waals surface area contributed by atoms with E-state index in [1.54, 1.807) is 6.08 Å². The molecule has 2 atom stereocenters. The maximum absolute atomic E-state index is 12.1. The molecule has 0 aromatic heterocycles. The largest absolute Gasteiger partial charge is 0.393 e. The fraction of sp³-hybridized carbons (Fsp3) is 0.440. The Kier molecular flexibility index (Phi) is 10.1. The Morgan fingerprint density at radius 2 is 2.03 bits per heavy atom. The molecule has 156 valence electrons. The summed E-state index contributed by atoms with van der Waals surface area (Å²) in [7, 11) is 0. The fourth-order valence-electron chi connectivity index (χ4n) is 3.43. The van der Waals surface area contributed by atoms with E-state index in [-0.39, 0.29) is 17.6 Å². The third-order valence-corrected chi connectivity index (χ3v) is 5.09. The number of rotatable bonds is 12. The molecule has 1 amide bonds. The van der Waals surface area contributed by atoms with Crippen molar-refractivity contribution < 1.29 is 14.7 Å². The molecule has 2 rings (SSSR count). The molecule has 0 fully saturated rings. The topological polar surface area (TPSA) is 66.4 Å². The summed E-state index contributed by atoms with van der Waals surface area (Å²) in [6.07, 6.45) is 14.3. The number of allylic oxidation sites excluding steroid dienone is 5. The maximum Gasteiger partial charge on any atom is 0.219 e. The molecule has 1 aromatic rings. The molecule has 2 N–H and O–H groups in total. The number of carbonyl (C=O) groups is 2. The van der Waals surface area contributed by atoms with Crippen LogP contribution >= 0.6 is 0 Å². The van der Waals surface area contributed by atoms with Crippen molar-refractivity contribution in [1.29, 1.82) is 0 Å². The molecule has 0 radical (unpaired) electrons. The van der Waals surface area contributed by atoms with Gasteiger partial charge in [-0.1, -0.05) is 54.6 Å². The first-order valence-corrected chi connectivity index (χ1v) is 10.7. The molecule has 0 saturated heterocycles. The van der Waals surface area contributed by atoms with Crippen LogP contribution in [0.3, 0.4) is 0 Å². The van der Waals surface area contributed by atoms with Gasteiger partial charge in [-0.25, -0.2) is 0 Å². The molecule has 29 heavy (non-hydrogen) atoms. The van der Waals surface area contributed by atoms with Crippen molar-refractivity contribution in [2.75, 3.05) is 6.54 Å². The van der Waals surface area contributed by atoms with Crippen LogP contribution in [0.2, 0.25) is 0 Å². The maximum atomic E-state index is 12.1. The highest BCUT2D eigenvalue weighted by Crippen LogP contribution is 2.26.